The molecule has 1 heterocycles. The Balaban J connectivity index is 2.16. The van der Waals surface area contributed by atoms with E-state index in [-0.39, 0.29) is 12.5 Å². The molecule has 0 saturated heterocycles. The molecule has 0 spiro atoms. The van der Waals surface area contributed by atoms with Crippen molar-refractivity contribution in [3.8, 4) is 10.6 Å². The van der Waals surface area contributed by atoms with Gasteiger partial charge in [-0.05, 0) is 12.1 Å². The first-order valence-electron chi connectivity index (χ1n) is 6.59. The minimum absolute atomic E-state index is 0.0983. The first kappa shape index (κ1) is 16.1. The fraction of sp³-hybridized carbons (Fsp3) is 0.267. The maximum atomic E-state index is 13.7. The average molecular weight is 322 g/mol. The van der Waals surface area contributed by atoms with Crippen LogP contribution < -0.4 is 0 Å². The lowest BCUT2D eigenvalue weighted by molar-refractivity contribution is -0.141. The largest absolute Gasteiger partial charge is 0.481 e. The summed E-state index contributed by atoms with van der Waals surface area (Å²) in [5.74, 6) is -2.35. The maximum absolute atomic E-state index is 13.7. The number of halogens is 1. The molecular weight excluding hydrogens is 307 g/mol. The average Bonchev–Trinajstić information content (AvgIpc) is 2.96. The first-order chi connectivity index (χ1) is 10.4. The molecule has 1 aromatic heterocycles. The van der Waals surface area contributed by atoms with Crippen LogP contribution in [0.25, 0.3) is 10.6 Å². The summed E-state index contributed by atoms with van der Waals surface area (Å²) in [5, 5.41) is 9.29. The molecule has 1 unspecified atom stereocenters. The number of carbonyl (C=O) groups excluding carboxylic acids is 1. The van der Waals surface area contributed by atoms with Crippen molar-refractivity contribution in [2.24, 2.45) is 5.92 Å². The summed E-state index contributed by atoms with van der Waals surface area (Å²) in [6.45, 7) is 1.63. The Morgan fingerprint density at radius 1 is 1.41 bits per heavy atom. The second-order valence-corrected chi connectivity index (χ2v) is 5.97. The molecule has 1 aromatic carbocycles. The van der Waals surface area contributed by atoms with Crippen molar-refractivity contribution in [1.82, 2.24) is 9.88 Å². The molecule has 2 rings (SSSR count). The number of carboxylic acids is 1. The topological polar surface area (TPSA) is 70.5 Å². The van der Waals surface area contributed by atoms with E-state index in [2.05, 4.69) is 4.98 Å². The van der Waals surface area contributed by atoms with Crippen molar-refractivity contribution in [2.75, 3.05) is 13.6 Å². The van der Waals surface area contributed by atoms with Crippen LogP contribution in [0.1, 0.15) is 16.6 Å². The van der Waals surface area contributed by atoms with Crippen molar-refractivity contribution in [2.45, 2.75) is 6.92 Å². The summed E-state index contributed by atoms with van der Waals surface area (Å²) >= 11 is 1.08. The zero-order valence-electron chi connectivity index (χ0n) is 12.1. The van der Waals surface area contributed by atoms with E-state index in [0.717, 1.165) is 11.3 Å². The Hall–Kier alpha value is -2.28. The van der Waals surface area contributed by atoms with Crippen molar-refractivity contribution < 1.29 is 19.1 Å². The number of hydrogen-bond acceptors (Lipinski definition) is 4. The summed E-state index contributed by atoms with van der Waals surface area (Å²) in [7, 11) is 1.53. The van der Waals surface area contributed by atoms with Gasteiger partial charge in [-0.2, -0.15) is 0 Å². The Morgan fingerprint density at radius 3 is 2.73 bits per heavy atom. The molecule has 0 aliphatic rings. The van der Waals surface area contributed by atoms with Gasteiger partial charge in [0.1, 0.15) is 15.7 Å². The van der Waals surface area contributed by atoms with Gasteiger partial charge in [0.15, 0.2) is 0 Å². The molecule has 1 N–H and O–H groups in total. The van der Waals surface area contributed by atoms with Crippen LogP contribution in [0.5, 0.6) is 0 Å². The van der Waals surface area contributed by atoms with Crippen LogP contribution >= 0.6 is 11.3 Å². The summed E-state index contributed by atoms with van der Waals surface area (Å²) < 4.78 is 13.7. The summed E-state index contributed by atoms with van der Waals surface area (Å²) in [5.41, 5.74) is 0.341. The van der Waals surface area contributed by atoms with Crippen LogP contribution in [0.3, 0.4) is 0 Å². The Labute approximate surface area is 131 Å². The second kappa shape index (κ2) is 6.65. The Morgan fingerprint density at radius 2 is 2.09 bits per heavy atom. The highest BCUT2D eigenvalue weighted by Crippen LogP contribution is 2.27. The number of thiazole rings is 1. The van der Waals surface area contributed by atoms with Gasteiger partial charge in [0.05, 0.1) is 12.1 Å². The normalized spacial score (nSPS) is 12.0. The highest BCUT2D eigenvalue weighted by Gasteiger charge is 2.21. The van der Waals surface area contributed by atoms with E-state index >= 15 is 0 Å². The lowest BCUT2D eigenvalue weighted by atomic mass is 10.2. The number of carboxylic acid groups (broad SMARTS) is 1. The Kier molecular flexibility index (Phi) is 4.87. The molecule has 22 heavy (non-hydrogen) atoms. The first-order valence-corrected chi connectivity index (χ1v) is 7.40. The molecule has 2 aromatic rings. The SMILES string of the molecule is CC(CN(C)C(=O)c1cnc(-c2ccccc2F)s1)C(=O)O. The maximum Gasteiger partial charge on any atom is 0.308 e. The smallest absolute Gasteiger partial charge is 0.308 e. The van der Waals surface area contributed by atoms with Crippen LogP contribution in [0, 0.1) is 11.7 Å². The molecule has 1 atom stereocenters. The molecule has 0 bridgehead atoms. The number of aliphatic carboxylic acids is 1. The van der Waals surface area contributed by atoms with Gasteiger partial charge in [0.25, 0.3) is 5.91 Å². The minimum Gasteiger partial charge on any atom is -0.481 e. The number of amides is 1. The highest BCUT2D eigenvalue weighted by molar-refractivity contribution is 7.16. The van der Waals surface area contributed by atoms with Gasteiger partial charge in [0.2, 0.25) is 0 Å². The molecule has 0 saturated carbocycles. The monoisotopic (exact) mass is 322 g/mol. The van der Waals surface area contributed by atoms with E-state index in [1.807, 2.05) is 0 Å². The number of rotatable bonds is 5. The van der Waals surface area contributed by atoms with E-state index in [1.165, 1.54) is 31.1 Å². The molecule has 0 radical (unpaired) electrons. The fourth-order valence-electron chi connectivity index (χ4n) is 1.89. The van der Waals surface area contributed by atoms with Gasteiger partial charge in [-0.1, -0.05) is 19.1 Å². The predicted molar refractivity (Wildman–Crippen MR) is 81.3 cm³/mol. The van der Waals surface area contributed by atoms with Crippen molar-refractivity contribution in [3.63, 3.8) is 0 Å². The van der Waals surface area contributed by atoms with Crippen LogP contribution in [-0.2, 0) is 4.79 Å². The molecule has 116 valence electrons. The van der Waals surface area contributed by atoms with Crippen molar-refractivity contribution in [3.05, 3.63) is 41.2 Å². The van der Waals surface area contributed by atoms with Gasteiger partial charge >= 0.3 is 5.97 Å². The standard InChI is InChI=1S/C15H15FN2O3S/c1-9(15(20)21)8-18(2)14(19)12-7-17-13(22-12)10-5-3-4-6-11(10)16/h3-7,9H,8H2,1-2H3,(H,20,21). The number of aromatic nitrogens is 1. The fourth-order valence-corrected chi connectivity index (χ4v) is 2.83. The Bertz CT molecular complexity index is 702. The van der Waals surface area contributed by atoms with E-state index in [9.17, 15) is 14.0 Å². The van der Waals surface area contributed by atoms with Crippen molar-refractivity contribution in [1.29, 1.82) is 0 Å². The summed E-state index contributed by atoms with van der Waals surface area (Å²) in [6.07, 6.45) is 1.39. The van der Waals surface area contributed by atoms with Gasteiger partial charge in [-0.3, -0.25) is 9.59 Å². The third kappa shape index (κ3) is 3.48. The van der Waals surface area contributed by atoms with Gasteiger partial charge in [-0.25, -0.2) is 9.37 Å². The molecule has 0 aliphatic carbocycles. The van der Waals surface area contributed by atoms with Gasteiger partial charge in [-0.15, -0.1) is 11.3 Å². The lowest BCUT2D eigenvalue weighted by Gasteiger charge is -2.18. The van der Waals surface area contributed by atoms with Crippen LogP contribution in [0.15, 0.2) is 30.5 Å². The van der Waals surface area contributed by atoms with Crippen LogP contribution in [0.4, 0.5) is 4.39 Å². The summed E-state index contributed by atoms with van der Waals surface area (Å²) in [6, 6.07) is 6.21. The zero-order valence-corrected chi connectivity index (χ0v) is 12.9. The van der Waals surface area contributed by atoms with E-state index in [1.54, 1.807) is 18.2 Å². The molecule has 1 amide bonds. The highest BCUT2D eigenvalue weighted by atomic mass is 32.1. The molecule has 5 nitrogen and oxygen atoms in total. The van der Waals surface area contributed by atoms with Crippen LogP contribution in [0.2, 0.25) is 0 Å². The lowest BCUT2D eigenvalue weighted by Crippen LogP contribution is -2.33. The molecular formula is C15H15FN2O3S. The molecule has 7 heteroatoms. The number of benzene rings is 1. The van der Waals surface area contributed by atoms with Gasteiger partial charge < -0.3 is 10.0 Å². The third-order valence-corrected chi connectivity index (χ3v) is 4.16. The van der Waals surface area contributed by atoms with E-state index < -0.39 is 17.7 Å². The zero-order chi connectivity index (χ0) is 16.3. The second-order valence-electron chi connectivity index (χ2n) is 4.93. The summed E-state index contributed by atoms with van der Waals surface area (Å²) in [4.78, 5) is 28.8. The minimum atomic E-state index is -0.962. The van der Waals surface area contributed by atoms with E-state index in [0.29, 0.717) is 15.4 Å². The predicted octanol–water partition coefficient (Wildman–Crippen LogP) is 2.74. The number of hydrogen-bond donors (Lipinski definition) is 1. The van der Waals surface area contributed by atoms with Crippen molar-refractivity contribution >= 4 is 23.2 Å². The van der Waals surface area contributed by atoms with E-state index in [4.69, 9.17) is 5.11 Å². The quantitative estimate of drug-likeness (QED) is 0.919. The van der Waals surface area contributed by atoms with Gasteiger partial charge in [0, 0.05) is 19.2 Å². The molecule has 0 fully saturated rings. The third-order valence-electron chi connectivity index (χ3n) is 3.14. The van der Waals surface area contributed by atoms with Crippen LogP contribution in [-0.4, -0.2) is 40.5 Å². The number of nitrogens with zero attached hydrogens (tertiary/aromatic N) is 2. The number of carbonyl (C=O) groups is 2. The molecule has 0 aliphatic heterocycles.